The molecule has 41 heavy (non-hydrogen) atoms. The number of hydrogen-bond donors (Lipinski definition) is 2. The molecular weight excluding hydrogens is 560 g/mol. The van der Waals surface area contributed by atoms with Crippen LogP contribution in [0.25, 0.3) is 0 Å². The monoisotopic (exact) mass is 598 g/mol. The molecule has 7 nitrogen and oxygen atoms in total. The first-order chi connectivity index (χ1) is 19.5. The lowest BCUT2D eigenvalue weighted by Gasteiger charge is -2.45. The van der Waals surface area contributed by atoms with Crippen molar-refractivity contribution in [3.05, 3.63) is 70.3 Å². The topological polar surface area (TPSA) is 95.9 Å². The molecule has 1 saturated carbocycles. The molecule has 1 amide bonds. The average Bonchev–Trinajstić information content (AvgIpc) is 3.05. The van der Waals surface area contributed by atoms with E-state index in [0.29, 0.717) is 38.3 Å². The average molecular weight is 599 g/mol. The maximum absolute atomic E-state index is 13.3. The van der Waals surface area contributed by atoms with Gasteiger partial charge in [0.2, 0.25) is 10.0 Å². The molecule has 2 N–H and O–H groups in total. The van der Waals surface area contributed by atoms with E-state index in [2.05, 4.69) is 21.8 Å². The van der Waals surface area contributed by atoms with E-state index in [1.54, 1.807) is 32.0 Å². The smallest absolute Gasteiger partial charge is 0.264 e. The van der Waals surface area contributed by atoms with Crippen molar-refractivity contribution in [3.8, 4) is 5.75 Å². The number of halogens is 1. The standard InChI is InChI=1S/C32H39ClN2O5S/c1-31(2)14-4-3-7-28(36)25-11-8-23(25)18-35-19-32(15-5-6-21-16-24(33)10-12-26(21)32)20-40-29-13-9-22(17-27(29)35)30(37)34-41(31,38)39/h3,7,9-10,12-13,16-17,23,25,28,36H,4-6,8,11,14-15,18-20H2,1-2H3,(H,34,37)/b7-3-/t23-,25+,28-,32-/m0/s1. The van der Waals surface area contributed by atoms with Gasteiger partial charge in [0.25, 0.3) is 5.91 Å². The summed E-state index contributed by atoms with van der Waals surface area (Å²) < 4.78 is 34.1. The third-order valence-electron chi connectivity index (χ3n) is 9.87. The third-order valence-corrected chi connectivity index (χ3v) is 12.2. The summed E-state index contributed by atoms with van der Waals surface area (Å²) in [6.45, 7) is 5.16. The molecule has 2 aromatic carbocycles. The summed E-state index contributed by atoms with van der Waals surface area (Å²) in [6.07, 6.45) is 8.87. The Morgan fingerprint density at radius 2 is 1.95 bits per heavy atom. The van der Waals surface area contributed by atoms with Crippen molar-refractivity contribution in [3.63, 3.8) is 0 Å². The van der Waals surface area contributed by atoms with Crippen LogP contribution in [0.2, 0.25) is 5.02 Å². The molecule has 2 aliphatic carbocycles. The number of fused-ring (bicyclic) bond motifs is 4. The van der Waals surface area contributed by atoms with Crippen LogP contribution in [0, 0.1) is 11.8 Å². The Bertz CT molecular complexity index is 1490. The van der Waals surface area contributed by atoms with Gasteiger partial charge in [0.05, 0.1) is 23.1 Å². The van der Waals surface area contributed by atoms with Crippen molar-refractivity contribution in [2.75, 3.05) is 24.6 Å². The SMILES string of the molecule is CC1(C)CC/C=C\[C@H](O)[C@@H]2CC[C@H]2CN2C[C@@]3(CCCc4cc(Cl)ccc43)COc3ccc(cc32)C(=O)NS1(=O)=O. The molecule has 4 aliphatic rings. The molecule has 220 valence electrons. The molecule has 9 heteroatoms. The number of rotatable bonds is 0. The van der Waals surface area contributed by atoms with E-state index < -0.39 is 26.8 Å². The Morgan fingerprint density at radius 1 is 1.12 bits per heavy atom. The molecule has 6 rings (SSSR count). The lowest BCUT2D eigenvalue weighted by Crippen LogP contribution is -2.49. The first-order valence-electron chi connectivity index (χ1n) is 14.7. The van der Waals surface area contributed by atoms with E-state index in [9.17, 15) is 18.3 Å². The summed E-state index contributed by atoms with van der Waals surface area (Å²) in [7, 11) is -3.96. The Morgan fingerprint density at radius 3 is 2.73 bits per heavy atom. The van der Waals surface area contributed by atoms with Crippen LogP contribution < -0.4 is 14.4 Å². The highest BCUT2D eigenvalue weighted by atomic mass is 35.5. The molecule has 2 heterocycles. The molecule has 4 atom stereocenters. The number of amides is 1. The molecule has 2 aliphatic heterocycles. The van der Waals surface area contributed by atoms with E-state index in [1.165, 1.54) is 11.1 Å². The summed E-state index contributed by atoms with van der Waals surface area (Å²) in [6, 6.07) is 11.4. The number of nitrogens with zero attached hydrogens (tertiary/aromatic N) is 1. The van der Waals surface area contributed by atoms with Gasteiger partial charge in [-0.3, -0.25) is 4.79 Å². The fraction of sp³-hybridized carbons (Fsp3) is 0.531. The fourth-order valence-electron chi connectivity index (χ4n) is 7.07. The number of carbonyl (C=O) groups is 1. The number of sulfonamides is 1. The third kappa shape index (κ3) is 5.28. The molecule has 0 saturated heterocycles. The van der Waals surface area contributed by atoms with Gasteiger partial charge in [-0.2, -0.15) is 0 Å². The molecule has 2 aromatic rings. The molecule has 0 aromatic heterocycles. The van der Waals surface area contributed by atoms with Gasteiger partial charge in [-0.15, -0.1) is 0 Å². The number of benzene rings is 2. The van der Waals surface area contributed by atoms with E-state index in [4.69, 9.17) is 16.3 Å². The normalized spacial score (nSPS) is 31.5. The highest BCUT2D eigenvalue weighted by Crippen LogP contribution is 2.46. The lowest BCUT2D eigenvalue weighted by atomic mass is 9.68. The zero-order valence-electron chi connectivity index (χ0n) is 23.7. The summed E-state index contributed by atoms with van der Waals surface area (Å²) >= 11 is 6.38. The van der Waals surface area contributed by atoms with Crippen LogP contribution in [0.15, 0.2) is 48.6 Å². The maximum atomic E-state index is 13.3. The maximum Gasteiger partial charge on any atom is 0.264 e. The van der Waals surface area contributed by atoms with Crippen molar-refractivity contribution in [1.82, 2.24) is 4.72 Å². The van der Waals surface area contributed by atoms with E-state index in [0.717, 1.165) is 42.8 Å². The fourth-order valence-corrected chi connectivity index (χ4v) is 8.29. The van der Waals surface area contributed by atoms with E-state index in [1.807, 2.05) is 18.2 Å². The van der Waals surface area contributed by atoms with E-state index in [-0.39, 0.29) is 22.8 Å². The number of nitrogens with one attached hydrogen (secondary N) is 1. The highest BCUT2D eigenvalue weighted by Gasteiger charge is 2.44. The summed E-state index contributed by atoms with van der Waals surface area (Å²) in [5, 5.41) is 11.8. The largest absolute Gasteiger partial charge is 0.490 e. The van der Waals surface area contributed by atoms with Gasteiger partial charge in [-0.05, 0) is 112 Å². The number of hydrogen-bond acceptors (Lipinski definition) is 6. The van der Waals surface area contributed by atoms with Gasteiger partial charge in [-0.1, -0.05) is 29.8 Å². The predicted molar refractivity (Wildman–Crippen MR) is 161 cm³/mol. The van der Waals surface area contributed by atoms with Gasteiger partial charge < -0.3 is 14.7 Å². The molecule has 1 fully saturated rings. The van der Waals surface area contributed by atoms with Crippen LogP contribution in [0.1, 0.15) is 73.9 Å². The number of allylic oxidation sites excluding steroid dienone is 1. The molecule has 2 bridgehead atoms. The lowest BCUT2D eigenvalue weighted by molar-refractivity contribution is 0.0456. The second-order valence-corrected chi connectivity index (χ2v) is 15.7. The zero-order valence-corrected chi connectivity index (χ0v) is 25.3. The van der Waals surface area contributed by atoms with Crippen molar-refractivity contribution < 1.29 is 23.1 Å². The Hall–Kier alpha value is -2.55. The minimum atomic E-state index is -3.96. The van der Waals surface area contributed by atoms with Crippen LogP contribution in [0.3, 0.4) is 0 Å². The summed E-state index contributed by atoms with van der Waals surface area (Å²) in [4.78, 5) is 15.7. The Kier molecular flexibility index (Phi) is 7.40. The summed E-state index contributed by atoms with van der Waals surface area (Å²) in [5.74, 6) is 0.452. The number of carbonyl (C=O) groups excluding carboxylic acids is 1. The minimum Gasteiger partial charge on any atom is -0.490 e. The minimum absolute atomic E-state index is 0.128. The van der Waals surface area contributed by atoms with Gasteiger partial charge in [0, 0.05) is 29.1 Å². The number of anilines is 1. The van der Waals surface area contributed by atoms with Crippen molar-refractivity contribution in [1.29, 1.82) is 0 Å². The van der Waals surface area contributed by atoms with Crippen LogP contribution in [0.5, 0.6) is 5.75 Å². The van der Waals surface area contributed by atoms with Crippen LogP contribution in [-0.2, 0) is 21.9 Å². The quantitative estimate of drug-likeness (QED) is 0.395. The second-order valence-electron chi connectivity index (χ2n) is 12.9. The Labute approximate surface area is 248 Å². The highest BCUT2D eigenvalue weighted by molar-refractivity contribution is 7.91. The number of ether oxygens (including phenoxy) is 1. The predicted octanol–water partition coefficient (Wildman–Crippen LogP) is 5.39. The molecular formula is C32H39ClN2O5S. The second kappa shape index (κ2) is 10.6. The van der Waals surface area contributed by atoms with Crippen LogP contribution >= 0.6 is 11.6 Å². The van der Waals surface area contributed by atoms with Gasteiger partial charge >= 0.3 is 0 Å². The van der Waals surface area contributed by atoms with E-state index >= 15 is 0 Å². The van der Waals surface area contributed by atoms with Crippen molar-refractivity contribution in [2.24, 2.45) is 11.8 Å². The van der Waals surface area contributed by atoms with Gasteiger partial charge in [0.15, 0.2) is 0 Å². The molecule has 0 unspecified atom stereocenters. The number of aryl methyl sites for hydroxylation is 1. The Balaban J connectivity index is 1.43. The van der Waals surface area contributed by atoms with Crippen LogP contribution in [0.4, 0.5) is 5.69 Å². The molecule has 1 spiro atoms. The first kappa shape index (κ1) is 28.6. The molecule has 0 radical (unpaired) electrons. The van der Waals surface area contributed by atoms with Gasteiger partial charge in [0.1, 0.15) is 5.75 Å². The number of aliphatic hydroxyl groups excluding tert-OH is 1. The first-order valence-corrected chi connectivity index (χ1v) is 16.6. The number of aliphatic hydroxyl groups is 1. The van der Waals surface area contributed by atoms with Crippen molar-refractivity contribution in [2.45, 2.75) is 75.1 Å². The summed E-state index contributed by atoms with van der Waals surface area (Å²) in [5.41, 5.74) is 3.32. The van der Waals surface area contributed by atoms with Crippen LogP contribution in [-0.4, -0.2) is 50.0 Å². The van der Waals surface area contributed by atoms with Crippen molar-refractivity contribution >= 4 is 33.2 Å². The zero-order chi connectivity index (χ0) is 29.0. The van der Waals surface area contributed by atoms with Gasteiger partial charge in [-0.25, -0.2) is 13.1 Å².